The minimum atomic E-state index is -0.838. The molecule has 0 aliphatic heterocycles. The summed E-state index contributed by atoms with van der Waals surface area (Å²) >= 11 is 0. The van der Waals surface area contributed by atoms with Crippen LogP contribution in [0.1, 0.15) is 44.6 Å². The van der Waals surface area contributed by atoms with Crippen LogP contribution in [-0.4, -0.2) is 22.2 Å². The highest BCUT2D eigenvalue weighted by atomic mass is 16.6. The molecule has 0 unspecified atom stereocenters. The summed E-state index contributed by atoms with van der Waals surface area (Å²) in [4.78, 5) is 10.7. The number of aliphatic hydroxyl groups is 1. The van der Waals surface area contributed by atoms with Crippen molar-refractivity contribution >= 4 is 5.69 Å². The highest BCUT2D eigenvalue weighted by Crippen LogP contribution is 2.32. The van der Waals surface area contributed by atoms with Crippen LogP contribution in [0.15, 0.2) is 18.2 Å². The van der Waals surface area contributed by atoms with Gasteiger partial charge < -0.3 is 9.84 Å². The van der Waals surface area contributed by atoms with Crippen LogP contribution in [0.3, 0.4) is 0 Å². The zero-order chi connectivity index (χ0) is 14.6. The molecule has 0 heterocycles. The minimum absolute atomic E-state index is 0.0243. The molecule has 0 amide bonds. The van der Waals surface area contributed by atoms with E-state index >= 15 is 0 Å². The normalized spacial score (nSPS) is 17.7. The molecule has 5 nitrogen and oxygen atoms in total. The monoisotopic (exact) mass is 279 g/mol. The van der Waals surface area contributed by atoms with Gasteiger partial charge in [0.15, 0.2) is 5.75 Å². The first-order valence-corrected chi connectivity index (χ1v) is 7.16. The standard InChI is InChI=1S/C15H21NO4/c1-2-12-6-7-14(13(10-12)16(18)19)20-11-15(17)8-4-3-5-9-15/h6-7,10,17H,2-5,8-9,11H2,1H3. The first kappa shape index (κ1) is 14.8. The lowest BCUT2D eigenvalue weighted by molar-refractivity contribution is -0.386. The van der Waals surface area contributed by atoms with Crippen LogP contribution in [0.5, 0.6) is 5.75 Å². The maximum absolute atomic E-state index is 11.1. The van der Waals surface area contributed by atoms with Crippen molar-refractivity contribution in [1.82, 2.24) is 0 Å². The molecule has 20 heavy (non-hydrogen) atoms. The molecule has 0 aromatic heterocycles. The lowest BCUT2D eigenvalue weighted by Gasteiger charge is -2.31. The van der Waals surface area contributed by atoms with Crippen molar-refractivity contribution in [3.05, 3.63) is 33.9 Å². The smallest absolute Gasteiger partial charge is 0.311 e. The molecule has 0 saturated heterocycles. The Kier molecular flexibility index (Phi) is 4.60. The van der Waals surface area contributed by atoms with Gasteiger partial charge in [-0.05, 0) is 30.9 Å². The molecule has 0 atom stereocenters. The molecule has 1 N–H and O–H groups in total. The van der Waals surface area contributed by atoms with Crippen LogP contribution in [-0.2, 0) is 6.42 Å². The van der Waals surface area contributed by atoms with Crippen molar-refractivity contribution < 1.29 is 14.8 Å². The topological polar surface area (TPSA) is 72.6 Å². The van der Waals surface area contributed by atoms with Crippen LogP contribution < -0.4 is 4.74 Å². The van der Waals surface area contributed by atoms with Gasteiger partial charge in [-0.25, -0.2) is 0 Å². The predicted molar refractivity (Wildman–Crippen MR) is 76.0 cm³/mol. The Hall–Kier alpha value is -1.62. The summed E-state index contributed by atoms with van der Waals surface area (Å²) in [5.41, 5.74) is 0.0411. The van der Waals surface area contributed by atoms with E-state index in [0.717, 1.165) is 31.2 Å². The van der Waals surface area contributed by atoms with E-state index in [1.165, 1.54) is 0 Å². The maximum Gasteiger partial charge on any atom is 0.311 e. The zero-order valence-electron chi connectivity index (χ0n) is 11.8. The van der Waals surface area contributed by atoms with Gasteiger partial charge in [0.25, 0.3) is 0 Å². The zero-order valence-corrected chi connectivity index (χ0v) is 11.8. The van der Waals surface area contributed by atoms with Crippen molar-refractivity contribution in [2.75, 3.05) is 6.61 Å². The number of nitro groups is 1. The summed E-state index contributed by atoms with van der Waals surface area (Å²) in [5.74, 6) is 0.242. The Balaban J connectivity index is 2.10. The predicted octanol–water partition coefficient (Wildman–Crippen LogP) is 3.23. The van der Waals surface area contributed by atoms with E-state index in [1.54, 1.807) is 12.1 Å². The molecule has 1 fully saturated rings. The molecule has 1 aliphatic rings. The van der Waals surface area contributed by atoms with Gasteiger partial charge in [-0.15, -0.1) is 0 Å². The summed E-state index contributed by atoms with van der Waals surface area (Å²) in [5, 5.41) is 21.5. The fraction of sp³-hybridized carbons (Fsp3) is 0.600. The van der Waals surface area contributed by atoms with E-state index in [0.29, 0.717) is 12.8 Å². The molecule has 110 valence electrons. The van der Waals surface area contributed by atoms with Crippen LogP contribution in [0, 0.1) is 10.1 Å². The van der Waals surface area contributed by atoms with Gasteiger partial charge in [-0.1, -0.05) is 32.3 Å². The number of benzene rings is 1. The molecule has 5 heteroatoms. The number of aryl methyl sites for hydroxylation is 1. The van der Waals surface area contributed by atoms with Gasteiger partial charge in [-0.2, -0.15) is 0 Å². The number of rotatable bonds is 5. The molecular weight excluding hydrogens is 258 g/mol. The largest absolute Gasteiger partial charge is 0.484 e. The van der Waals surface area contributed by atoms with Crippen LogP contribution in [0.25, 0.3) is 0 Å². The molecule has 2 rings (SSSR count). The lowest BCUT2D eigenvalue weighted by atomic mass is 9.85. The first-order valence-electron chi connectivity index (χ1n) is 7.16. The van der Waals surface area contributed by atoms with E-state index < -0.39 is 10.5 Å². The number of nitro benzene ring substituents is 1. The van der Waals surface area contributed by atoms with Gasteiger partial charge in [0.2, 0.25) is 0 Å². The van der Waals surface area contributed by atoms with E-state index in [2.05, 4.69) is 0 Å². The molecule has 0 bridgehead atoms. The van der Waals surface area contributed by atoms with Crippen LogP contribution >= 0.6 is 0 Å². The van der Waals surface area contributed by atoms with Crippen molar-refractivity contribution in [2.24, 2.45) is 0 Å². The quantitative estimate of drug-likeness (QED) is 0.663. The van der Waals surface area contributed by atoms with Gasteiger partial charge in [0, 0.05) is 6.07 Å². The number of hydrogen-bond acceptors (Lipinski definition) is 4. The second-order valence-electron chi connectivity index (χ2n) is 5.49. The Bertz CT molecular complexity index is 481. The minimum Gasteiger partial charge on any atom is -0.484 e. The van der Waals surface area contributed by atoms with E-state index in [1.807, 2.05) is 13.0 Å². The fourth-order valence-corrected chi connectivity index (χ4v) is 2.61. The Morgan fingerprint density at radius 2 is 2.05 bits per heavy atom. The Morgan fingerprint density at radius 3 is 2.65 bits per heavy atom. The molecule has 0 radical (unpaired) electrons. The van der Waals surface area contributed by atoms with Gasteiger partial charge >= 0.3 is 5.69 Å². The van der Waals surface area contributed by atoms with Crippen LogP contribution in [0.4, 0.5) is 5.69 Å². The second-order valence-corrected chi connectivity index (χ2v) is 5.49. The third-order valence-corrected chi connectivity index (χ3v) is 3.91. The Morgan fingerprint density at radius 1 is 1.35 bits per heavy atom. The average molecular weight is 279 g/mol. The SMILES string of the molecule is CCc1ccc(OCC2(O)CCCCC2)c([N+](=O)[O-])c1. The molecule has 1 saturated carbocycles. The van der Waals surface area contributed by atoms with Crippen molar-refractivity contribution in [2.45, 2.75) is 51.0 Å². The Labute approximate surface area is 118 Å². The average Bonchev–Trinajstić information content (AvgIpc) is 2.45. The fourth-order valence-electron chi connectivity index (χ4n) is 2.61. The van der Waals surface area contributed by atoms with Gasteiger partial charge in [0.05, 0.1) is 10.5 Å². The third kappa shape index (κ3) is 3.48. The molecule has 1 aliphatic carbocycles. The summed E-state index contributed by atoms with van der Waals surface area (Å²) in [6.07, 6.45) is 5.24. The first-order chi connectivity index (χ1) is 9.54. The summed E-state index contributed by atoms with van der Waals surface area (Å²) in [7, 11) is 0. The lowest BCUT2D eigenvalue weighted by Crippen LogP contribution is -2.38. The van der Waals surface area contributed by atoms with Gasteiger partial charge in [-0.3, -0.25) is 10.1 Å². The maximum atomic E-state index is 11.1. The van der Waals surface area contributed by atoms with Crippen molar-refractivity contribution in [3.8, 4) is 5.75 Å². The van der Waals surface area contributed by atoms with E-state index in [4.69, 9.17) is 4.74 Å². The molecule has 1 aromatic carbocycles. The number of hydrogen-bond donors (Lipinski definition) is 1. The van der Waals surface area contributed by atoms with Crippen molar-refractivity contribution in [3.63, 3.8) is 0 Å². The summed E-state index contributed by atoms with van der Waals surface area (Å²) in [6.45, 7) is 2.07. The van der Waals surface area contributed by atoms with E-state index in [9.17, 15) is 15.2 Å². The number of ether oxygens (including phenoxy) is 1. The highest BCUT2D eigenvalue weighted by Gasteiger charge is 2.31. The summed E-state index contributed by atoms with van der Waals surface area (Å²) in [6, 6.07) is 5.00. The molecular formula is C15H21NO4. The van der Waals surface area contributed by atoms with E-state index in [-0.39, 0.29) is 18.0 Å². The van der Waals surface area contributed by atoms with Crippen molar-refractivity contribution in [1.29, 1.82) is 0 Å². The second kappa shape index (κ2) is 6.22. The molecule has 0 spiro atoms. The third-order valence-electron chi connectivity index (χ3n) is 3.91. The van der Waals surface area contributed by atoms with Crippen LogP contribution in [0.2, 0.25) is 0 Å². The summed E-state index contributed by atoms with van der Waals surface area (Å²) < 4.78 is 5.55. The number of nitrogens with zero attached hydrogens (tertiary/aromatic N) is 1. The highest BCUT2D eigenvalue weighted by molar-refractivity contribution is 5.48. The van der Waals surface area contributed by atoms with Gasteiger partial charge in [0.1, 0.15) is 6.61 Å². The molecule has 1 aromatic rings.